The summed E-state index contributed by atoms with van der Waals surface area (Å²) in [5, 5.41) is 0. The van der Waals surface area contributed by atoms with Gasteiger partial charge in [-0.15, -0.1) is 0 Å². The summed E-state index contributed by atoms with van der Waals surface area (Å²) in [6, 6.07) is 21.0. The second-order valence-corrected chi connectivity index (χ2v) is 8.96. The van der Waals surface area contributed by atoms with E-state index in [0.717, 1.165) is 17.8 Å². The molecule has 0 bridgehead atoms. The Bertz CT molecular complexity index is 975. The van der Waals surface area contributed by atoms with Crippen molar-refractivity contribution >= 4 is 10.0 Å². The normalized spacial score (nSPS) is 12.0. The molecule has 0 unspecified atom stereocenters. The molecule has 0 spiro atoms. The second kappa shape index (κ2) is 8.11. The summed E-state index contributed by atoms with van der Waals surface area (Å²) in [5.41, 5.74) is 3.21. The van der Waals surface area contributed by atoms with Crippen molar-refractivity contribution in [2.45, 2.75) is 44.8 Å². The van der Waals surface area contributed by atoms with E-state index >= 15 is 0 Å². The molecule has 0 saturated heterocycles. The summed E-state index contributed by atoms with van der Waals surface area (Å²) in [6.07, 6.45) is 2.00. The van der Waals surface area contributed by atoms with Gasteiger partial charge in [-0.1, -0.05) is 48.0 Å². The van der Waals surface area contributed by atoms with Gasteiger partial charge in [0.1, 0.15) is 0 Å². The maximum Gasteiger partial charge on any atom is 0.243 e. The van der Waals surface area contributed by atoms with Crippen LogP contribution in [0.2, 0.25) is 0 Å². The Balaban J connectivity index is 1.88. The number of hydrogen-bond acceptors (Lipinski definition) is 2. The van der Waals surface area contributed by atoms with E-state index in [1.54, 1.807) is 16.4 Å². The highest BCUT2D eigenvalue weighted by Crippen LogP contribution is 2.22. The smallest absolute Gasteiger partial charge is 0.243 e. The Morgan fingerprint density at radius 3 is 2.22 bits per heavy atom. The first kappa shape index (κ1) is 19.4. The molecule has 5 heteroatoms. The molecule has 142 valence electrons. The largest absolute Gasteiger partial charge is 0.346 e. The fourth-order valence-electron chi connectivity index (χ4n) is 3.08. The van der Waals surface area contributed by atoms with Crippen LogP contribution in [0.15, 0.2) is 77.8 Å². The van der Waals surface area contributed by atoms with Crippen molar-refractivity contribution < 1.29 is 8.42 Å². The Morgan fingerprint density at radius 2 is 1.59 bits per heavy atom. The minimum absolute atomic E-state index is 0.142. The molecule has 0 fully saturated rings. The van der Waals surface area contributed by atoms with Gasteiger partial charge >= 0.3 is 0 Å². The van der Waals surface area contributed by atoms with Gasteiger partial charge < -0.3 is 4.57 Å². The first-order valence-electron chi connectivity index (χ1n) is 9.14. The van der Waals surface area contributed by atoms with Crippen LogP contribution in [0.1, 0.15) is 30.7 Å². The molecule has 3 rings (SSSR count). The number of nitrogens with zero attached hydrogens (tertiary/aromatic N) is 2. The Hall–Kier alpha value is -2.37. The van der Waals surface area contributed by atoms with Gasteiger partial charge in [0.15, 0.2) is 0 Å². The van der Waals surface area contributed by atoms with Gasteiger partial charge in [-0.25, -0.2) is 8.42 Å². The van der Waals surface area contributed by atoms with Crippen molar-refractivity contribution in [1.82, 2.24) is 8.87 Å². The lowest BCUT2D eigenvalue weighted by Crippen LogP contribution is -2.37. The predicted molar refractivity (Wildman–Crippen MR) is 109 cm³/mol. The van der Waals surface area contributed by atoms with E-state index in [9.17, 15) is 8.42 Å². The first-order valence-corrected chi connectivity index (χ1v) is 10.6. The van der Waals surface area contributed by atoms with Crippen LogP contribution >= 0.6 is 0 Å². The molecule has 0 amide bonds. The van der Waals surface area contributed by atoms with E-state index in [1.807, 2.05) is 69.4 Å². The number of benzene rings is 2. The van der Waals surface area contributed by atoms with Crippen molar-refractivity contribution in [3.63, 3.8) is 0 Å². The Labute approximate surface area is 162 Å². The number of aromatic nitrogens is 1. The summed E-state index contributed by atoms with van der Waals surface area (Å²) in [6.45, 7) is 6.84. The van der Waals surface area contributed by atoms with E-state index in [1.165, 1.54) is 5.56 Å². The summed E-state index contributed by atoms with van der Waals surface area (Å²) in [4.78, 5) is 0.336. The summed E-state index contributed by atoms with van der Waals surface area (Å²) in [5.74, 6) is 0. The Kier molecular flexibility index (Phi) is 5.82. The summed E-state index contributed by atoms with van der Waals surface area (Å²) >= 11 is 0. The second-order valence-electron chi connectivity index (χ2n) is 7.07. The van der Waals surface area contributed by atoms with E-state index in [4.69, 9.17) is 0 Å². The highest BCUT2D eigenvalue weighted by molar-refractivity contribution is 7.89. The highest BCUT2D eigenvalue weighted by Gasteiger charge is 2.27. The molecule has 3 aromatic rings. The van der Waals surface area contributed by atoms with Gasteiger partial charge in [-0.2, -0.15) is 4.31 Å². The van der Waals surface area contributed by atoms with Crippen molar-refractivity contribution in [3.8, 4) is 0 Å². The van der Waals surface area contributed by atoms with Crippen molar-refractivity contribution in [3.05, 3.63) is 89.7 Å². The average molecular weight is 383 g/mol. The van der Waals surface area contributed by atoms with Gasteiger partial charge in [0.2, 0.25) is 10.0 Å². The van der Waals surface area contributed by atoms with Gasteiger partial charge in [-0.3, -0.25) is 0 Å². The molecular weight excluding hydrogens is 356 g/mol. The minimum Gasteiger partial charge on any atom is -0.346 e. The molecule has 27 heavy (non-hydrogen) atoms. The van der Waals surface area contributed by atoms with Crippen molar-refractivity contribution in [2.24, 2.45) is 0 Å². The zero-order valence-electron chi connectivity index (χ0n) is 16.0. The maximum absolute atomic E-state index is 13.2. The quantitative estimate of drug-likeness (QED) is 0.606. The molecule has 0 aliphatic rings. The summed E-state index contributed by atoms with van der Waals surface area (Å²) < 4.78 is 30.1. The fourth-order valence-corrected chi connectivity index (χ4v) is 4.69. The number of aryl methyl sites for hydroxylation is 1. The van der Waals surface area contributed by atoms with Crippen LogP contribution in [0.5, 0.6) is 0 Å². The first-order chi connectivity index (χ1) is 12.9. The molecule has 0 atom stereocenters. The SMILES string of the molecule is Cc1ccc(S(=O)(=O)N(Cc2cccn2Cc2ccccc2)C(C)C)cc1. The molecule has 0 aliphatic carbocycles. The predicted octanol–water partition coefficient (Wildman–Crippen LogP) is 4.44. The lowest BCUT2D eigenvalue weighted by molar-refractivity contribution is 0.340. The van der Waals surface area contributed by atoms with Crippen molar-refractivity contribution in [1.29, 1.82) is 0 Å². The maximum atomic E-state index is 13.2. The molecule has 1 aromatic heterocycles. The van der Waals surface area contributed by atoms with E-state index < -0.39 is 10.0 Å². The minimum atomic E-state index is -3.56. The van der Waals surface area contributed by atoms with Crippen LogP contribution in [-0.4, -0.2) is 23.3 Å². The van der Waals surface area contributed by atoms with E-state index in [-0.39, 0.29) is 6.04 Å². The molecule has 2 aromatic carbocycles. The fraction of sp³-hybridized carbons (Fsp3) is 0.273. The van der Waals surface area contributed by atoms with Crippen LogP contribution in [0.3, 0.4) is 0 Å². The van der Waals surface area contributed by atoms with Crippen molar-refractivity contribution in [2.75, 3.05) is 0 Å². The number of sulfonamides is 1. The van der Waals surface area contributed by atoms with Gasteiger partial charge in [0.25, 0.3) is 0 Å². The number of rotatable bonds is 7. The number of hydrogen-bond donors (Lipinski definition) is 0. The molecule has 0 N–H and O–H groups in total. The van der Waals surface area contributed by atoms with E-state index in [2.05, 4.69) is 16.7 Å². The lowest BCUT2D eigenvalue weighted by Gasteiger charge is -2.26. The molecule has 0 aliphatic heterocycles. The van der Waals surface area contributed by atoms with Crippen LogP contribution in [-0.2, 0) is 23.1 Å². The molecule has 0 saturated carbocycles. The third-order valence-electron chi connectivity index (χ3n) is 4.64. The van der Waals surface area contributed by atoms with Gasteiger partial charge in [0, 0.05) is 24.5 Å². The molecule has 0 radical (unpaired) electrons. The van der Waals surface area contributed by atoms with Crippen LogP contribution in [0, 0.1) is 6.92 Å². The zero-order valence-corrected chi connectivity index (χ0v) is 16.9. The van der Waals surface area contributed by atoms with Crippen LogP contribution in [0.4, 0.5) is 0 Å². The van der Waals surface area contributed by atoms with Gasteiger partial charge in [0.05, 0.1) is 11.4 Å². The molecule has 4 nitrogen and oxygen atoms in total. The van der Waals surface area contributed by atoms with E-state index in [0.29, 0.717) is 11.4 Å². The third kappa shape index (κ3) is 4.49. The van der Waals surface area contributed by atoms with Crippen LogP contribution < -0.4 is 0 Å². The third-order valence-corrected chi connectivity index (χ3v) is 6.68. The van der Waals surface area contributed by atoms with Gasteiger partial charge in [-0.05, 0) is 50.6 Å². The van der Waals surface area contributed by atoms with Crippen LogP contribution in [0.25, 0.3) is 0 Å². The zero-order chi connectivity index (χ0) is 19.4. The standard InChI is InChI=1S/C22H26N2O2S/c1-18(2)24(27(25,26)22-13-11-19(3)12-14-22)17-21-10-7-15-23(21)16-20-8-5-4-6-9-20/h4-15,18H,16-17H2,1-3H3. The summed E-state index contributed by atoms with van der Waals surface area (Å²) in [7, 11) is -3.56. The topological polar surface area (TPSA) is 42.3 Å². The Morgan fingerprint density at radius 1 is 0.926 bits per heavy atom. The highest BCUT2D eigenvalue weighted by atomic mass is 32.2. The lowest BCUT2D eigenvalue weighted by atomic mass is 10.2. The molecular formula is C22H26N2O2S. The molecule has 1 heterocycles. The monoisotopic (exact) mass is 382 g/mol. The average Bonchev–Trinajstić information content (AvgIpc) is 3.07.